The number of hydrogen-bond donors (Lipinski definition) is 1. The zero-order valence-corrected chi connectivity index (χ0v) is 10.8. The minimum absolute atomic E-state index is 0.0984. The van der Waals surface area contributed by atoms with Crippen LogP contribution in [-0.2, 0) is 11.0 Å². The van der Waals surface area contributed by atoms with E-state index in [2.05, 4.69) is 5.32 Å². The number of benzene rings is 1. The fraction of sp³-hybridized carbons (Fsp3) is 0.357. The number of hydrogen-bond acceptors (Lipinski definition) is 1. The predicted octanol–water partition coefficient (Wildman–Crippen LogP) is 3.55. The van der Waals surface area contributed by atoms with Gasteiger partial charge in [-0.15, -0.1) is 0 Å². The summed E-state index contributed by atoms with van der Waals surface area (Å²) < 4.78 is 37.7. The molecule has 19 heavy (non-hydrogen) atoms. The molecule has 0 unspecified atom stereocenters. The Hall–Kier alpha value is -1.78. The lowest BCUT2D eigenvalue weighted by molar-refractivity contribution is -0.138. The molecule has 0 spiro atoms. The van der Waals surface area contributed by atoms with Crippen molar-refractivity contribution < 1.29 is 18.0 Å². The Balaban J connectivity index is 2.64. The first kappa shape index (κ1) is 15.3. The van der Waals surface area contributed by atoms with Gasteiger partial charge in [-0.05, 0) is 30.5 Å². The van der Waals surface area contributed by atoms with Crippen LogP contribution in [0.5, 0.6) is 0 Å². The lowest BCUT2D eigenvalue weighted by Crippen LogP contribution is -2.20. The molecule has 1 aromatic rings. The minimum atomic E-state index is -4.31. The Morgan fingerprint density at radius 3 is 2.58 bits per heavy atom. The zero-order chi connectivity index (χ0) is 14.5. The van der Waals surface area contributed by atoms with Crippen molar-refractivity contribution in [2.75, 3.05) is 6.54 Å². The van der Waals surface area contributed by atoms with E-state index in [0.717, 1.165) is 6.07 Å². The summed E-state index contributed by atoms with van der Waals surface area (Å²) in [4.78, 5) is 10.6. The Kier molecular flexibility index (Phi) is 5.15. The fourth-order valence-corrected chi connectivity index (χ4v) is 1.66. The third-order valence-electron chi connectivity index (χ3n) is 2.55. The summed E-state index contributed by atoms with van der Waals surface area (Å²) in [6.07, 6.45) is -0.107. The van der Waals surface area contributed by atoms with Gasteiger partial charge < -0.3 is 5.32 Å². The Morgan fingerprint density at radius 2 is 2.05 bits per heavy atom. The number of aryl methyl sites for hydroxylation is 1. The summed E-state index contributed by atoms with van der Waals surface area (Å²) in [7, 11) is 0. The molecule has 0 heterocycles. The van der Waals surface area contributed by atoms with E-state index in [1.165, 1.54) is 26.0 Å². The molecular formula is C14H16F3NO. The third kappa shape index (κ3) is 5.16. The molecule has 0 aliphatic carbocycles. The zero-order valence-electron chi connectivity index (χ0n) is 10.8. The lowest BCUT2D eigenvalue weighted by Gasteiger charge is -2.10. The van der Waals surface area contributed by atoms with E-state index >= 15 is 0 Å². The highest BCUT2D eigenvalue weighted by Gasteiger charge is 2.31. The van der Waals surface area contributed by atoms with E-state index in [0.29, 0.717) is 18.5 Å². The molecular weight excluding hydrogens is 255 g/mol. The Bertz CT molecular complexity index is 478. The van der Waals surface area contributed by atoms with Crippen molar-refractivity contribution in [2.45, 2.75) is 26.4 Å². The van der Waals surface area contributed by atoms with Crippen molar-refractivity contribution >= 4 is 12.0 Å². The molecule has 5 heteroatoms. The molecule has 1 N–H and O–H groups in total. The predicted molar refractivity (Wildman–Crippen MR) is 68.5 cm³/mol. The Morgan fingerprint density at radius 1 is 1.37 bits per heavy atom. The summed E-state index contributed by atoms with van der Waals surface area (Å²) in [5, 5.41) is 2.63. The minimum Gasteiger partial charge on any atom is -0.356 e. The second-order valence-electron chi connectivity index (χ2n) is 4.25. The van der Waals surface area contributed by atoms with E-state index in [9.17, 15) is 18.0 Å². The first-order chi connectivity index (χ1) is 8.80. The summed E-state index contributed by atoms with van der Waals surface area (Å²) >= 11 is 0. The van der Waals surface area contributed by atoms with Crippen LogP contribution in [0, 0.1) is 6.92 Å². The third-order valence-corrected chi connectivity index (χ3v) is 2.55. The second-order valence-corrected chi connectivity index (χ2v) is 4.25. The molecule has 1 rings (SSSR count). The molecule has 0 saturated carbocycles. The number of alkyl halides is 3. The van der Waals surface area contributed by atoms with Crippen LogP contribution in [0.4, 0.5) is 13.2 Å². The summed E-state index contributed by atoms with van der Waals surface area (Å²) in [5.74, 6) is -0.0984. The number of amides is 1. The van der Waals surface area contributed by atoms with Crippen molar-refractivity contribution in [3.63, 3.8) is 0 Å². The van der Waals surface area contributed by atoms with Crippen LogP contribution in [0.1, 0.15) is 30.0 Å². The molecule has 2 nitrogen and oxygen atoms in total. The van der Waals surface area contributed by atoms with Gasteiger partial charge in [0.2, 0.25) is 5.91 Å². The largest absolute Gasteiger partial charge is 0.416 e. The van der Waals surface area contributed by atoms with Gasteiger partial charge in [-0.2, -0.15) is 13.2 Å². The van der Waals surface area contributed by atoms with E-state index in [1.807, 2.05) is 6.08 Å². The van der Waals surface area contributed by atoms with Crippen LogP contribution < -0.4 is 5.32 Å². The van der Waals surface area contributed by atoms with Crippen molar-refractivity contribution in [3.8, 4) is 0 Å². The highest BCUT2D eigenvalue weighted by molar-refractivity contribution is 5.72. The highest BCUT2D eigenvalue weighted by atomic mass is 19.4. The van der Waals surface area contributed by atoms with Gasteiger partial charge >= 0.3 is 6.18 Å². The van der Waals surface area contributed by atoms with Crippen LogP contribution in [0.2, 0.25) is 0 Å². The fourth-order valence-electron chi connectivity index (χ4n) is 1.66. The molecule has 104 valence electrons. The van der Waals surface area contributed by atoms with Gasteiger partial charge in [0.05, 0.1) is 5.56 Å². The van der Waals surface area contributed by atoms with E-state index in [1.54, 1.807) is 6.08 Å². The molecule has 0 radical (unpaired) electrons. The van der Waals surface area contributed by atoms with Gasteiger partial charge in [-0.3, -0.25) is 4.79 Å². The van der Waals surface area contributed by atoms with Crippen LogP contribution in [-0.4, -0.2) is 12.5 Å². The Labute approximate surface area is 110 Å². The van der Waals surface area contributed by atoms with Crippen molar-refractivity contribution in [1.29, 1.82) is 0 Å². The number of halogens is 3. The van der Waals surface area contributed by atoms with Gasteiger partial charge in [0.15, 0.2) is 0 Å². The van der Waals surface area contributed by atoms with Crippen LogP contribution in [0.3, 0.4) is 0 Å². The van der Waals surface area contributed by atoms with Crippen LogP contribution in [0.15, 0.2) is 24.3 Å². The quantitative estimate of drug-likeness (QED) is 0.834. The van der Waals surface area contributed by atoms with E-state index < -0.39 is 11.7 Å². The number of nitrogens with one attached hydrogen (secondary N) is 1. The normalized spacial score (nSPS) is 11.8. The molecule has 0 aliphatic rings. The van der Waals surface area contributed by atoms with Crippen molar-refractivity contribution in [1.82, 2.24) is 5.32 Å². The topological polar surface area (TPSA) is 29.1 Å². The number of rotatable bonds is 4. The summed E-state index contributed by atoms with van der Waals surface area (Å²) in [6, 6.07) is 4.02. The van der Waals surface area contributed by atoms with Crippen LogP contribution >= 0.6 is 0 Å². The van der Waals surface area contributed by atoms with Crippen molar-refractivity contribution in [2.24, 2.45) is 0 Å². The molecule has 1 amide bonds. The molecule has 1 aromatic carbocycles. The molecule has 0 atom stereocenters. The van der Waals surface area contributed by atoms with Crippen LogP contribution in [0.25, 0.3) is 6.08 Å². The lowest BCUT2D eigenvalue weighted by atomic mass is 10.0. The molecule has 0 bridgehead atoms. The standard InChI is InChI=1S/C14H16F3NO/c1-10-9-12(5-3-4-8-18-11(2)19)6-7-13(10)14(15,16)17/h3,5-7,9H,4,8H2,1-2H3,(H,18,19). The molecule has 0 fully saturated rings. The smallest absolute Gasteiger partial charge is 0.356 e. The molecule has 0 saturated heterocycles. The highest BCUT2D eigenvalue weighted by Crippen LogP contribution is 2.32. The maximum absolute atomic E-state index is 12.6. The van der Waals surface area contributed by atoms with Gasteiger partial charge in [-0.1, -0.05) is 24.3 Å². The van der Waals surface area contributed by atoms with Gasteiger partial charge in [0.1, 0.15) is 0 Å². The first-order valence-electron chi connectivity index (χ1n) is 5.89. The second kappa shape index (κ2) is 6.41. The molecule has 0 aromatic heterocycles. The van der Waals surface area contributed by atoms with Gasteiger partial charge in [-0.25, -0.2) is 0 Å². The maximum Gasteiger partial charge on any atom is 0.416 e. The van der Waals surface area contributed by atoms with Gasteiger partial charge in [0.25, 0.3) is 0 Å². The average Bonchev–Trinajstić information content (AvgIpc) is 2.26. The monoisotopic (exact) mass is 271 g/mol. The van der Waals surface area contributed by atoms with Gasteiger partial charge in [0, 0.05) is 13.5 Å². The summed E-state index contributed by atoms with van der Waals surface area (Å²) in [5.41, 5.74) is 0.313. The average molecular weight is 271 g/mol. The number of carbonyl (C=O) groups is 1. The molecule has 0 aliphatic heterocycles. The van der Waals surface area contributed by atoms with E-state index in [-0.39, 0.29) is 11.5 Å². The van der Waals surface area contributed by atoms with E-state index in [4.69, 9.17) is 0 Å². The summed E-state index contributed by atoms with van der Waals surface area (Å²) in [6.45, 7) is 3.39. The first-order valence-corrected chi connectivity index (χ1v) is 5.89. The SMILES string of the molecule is CC(=O)NCCC=Cc1ccc(C(F)(F)F)c(C)c1. The van der Waals surface area contributed by atoms with Crippen molar-refractivity contribution in [3.05, 3.63) is 41.0 Å². The maximum atomic E-state index is 12.6. The number of carbonyl (C=O) groups excluding carboxylic acids is 1.